The second kappa shape index (κ2) is 13.0. The van der Waals surface area contributed by atoms with Crippen molar-refractivity contribution in [3.05, 3.63) is 58.2 Å². The maximum Gasteiger partial charge on any atom is 0.325 e. The molecule has 3 N–H and O–H groups in total. The van der Waals surface area contributed by atoms with Crippen molar-refractivity contribution in [1.82, 2.24) is 26.1 Å². The van der Waals surface area contributed by atoms with Crippen molar-refractivity contribution in [1.29, 1.82) is 0 Å². The molecule has 1 saturated heterocycles. The molecule has 4 rings (SSSR count). The van der Waals surface area contributed by atoms with E-state index in [0.29, 0.717) is 25.1 Å². The van der Waals surface area contributed by atoms with Crippen LogP contribution >= 0.6 is 0 Å². The van der Waals surface area contributed by atoms with E-state index >= 15 is 0 Å². The van der Waals surface area contributed by atoms with Crippen LogP contribution in [0.1, 0.15) is 64.3 Å². The van der Waals surface area contributed by atoms with Gasteiger partial charge in [0.25, 0.3) is 5.91 Å². The molecule has 0 spiro atoms. The van der Waals surface area contributed by atoms with Crippen molar-refractivity contribution >= 4 is 40.5 Å². The maximum absolute atomic E-state index is 13.3. The lowest BCUT2D eigenvalue weighted by Crippen LogP contribution is -2.60. The summed E-state index contributed by atoms with van der Waals surface area (Å²) >= 11 is 0. The molecule has 3 heterocycles. The summed E-state index contributed by atoms with van der Waals surface area (Å²) in [6.07, 6.45) is 5.69. The van der Waals surface area contributed by atoms with Crippen LogP contribution in [0.25, 0.3) is 27.3 Å². The van der Waals surface area contributed by atoms with E-state index in [1.165, 1.54) is 11.9 Å². The standard InChI is InChI=1S/C29H36N8O5/c1-17-26(39)37-13-5-6-24(35-37)27(40)42-18(2)19-7-8-20-16-31-22(15-21(20)14-19)9-11-29(3,4)28(41)34-23(25(38)33-17)10-12-32-36-30/h7-9,11,14-18,23-24,35H,5-6,10,12-13H2,1-4H3,(H,33,38)(H,34,41)/b11-9+/t17-,18+,23-,24-/m0/s1. The monoisotopic (exact) mass is 576 g/mol. The molecule has 5 bridgehead atoms. The van der Waals surface area contributed by atoms with Gasteiger partial charge < -0.3 is 15.4 Å². The number of amides is 3. The highest BCUT2D eigenvalue weighted by Gasteiger charge is 2.34. The van der Waals surface area contributed by atoms with Crippen LogP contribution in [0.4, 0.5) is 0 Å². The Bertz CT molecular complexity index is 1450. The number of benzene rings is 1. The number of carbonyl (C=O) groups is 4. The van der Waals surface area contributed by atoms with Gasteiger partial charge >= 0.3 is 5.97 Å². The molecule has 1 aromatic carbocycles. The quantitative estimate of drug-likeness (QED) is 0.217. The summed E-state index contributed by atoms with van der Waals surface area (Å²) in [6.45, 7) is 7.03. The molecule has 1 fully saturated rings. The average Bonchev–Trinajstić information content (AvgIpc) is 2.98. The first-order valence-electron chi connectivity index (χ1n) is 14.0. The zero-order valence-corrected chi connectivity index (χ0v) is 24.2. The van der Waals surface area contributed by atoms with Crippen molar-refractivity contribution in [3.63, 3.8) is 0 Å². The number of carbonyl (C=O) groups excluding carboxylic acids is 4. The summed E-state index contributed by atoms with van der Waals surface area (Å²) in [4.78, 5) is 60.0. The van der Waals surface area contributed by atoms with Gasteiger partial charge in [0, 0.05) is 29.6 Å². The predicted molar refractivity (Wildman–Crippen MR) is 155 cm³/mol. The van der Waals surface area contributed by atoms with Gasteiger partial charge in [0.15, 0.2) is 0 Å². The first-order valence-corrected chi connectivity index (χ1v) is 14.0. The van der Waals surface area contributed by atoms with E-state index in [-0.39, 0.29) is 13.0 Å². The lowest BCUT2D eigenvalue weighted by Gasteiger charge is -2.35. The molecule has 0 saturated carbocycles. The van der Waals surface area contributed by atoms with E-state index in [9.17, 15) is 19.2 Å². The molecule has 2 aliphatic heterocycles. The summed E-state index contributed by atoms with van der Waals surface area (Å²) in [7, 11) is 0. The van der Waals surface area contributed by atoms with E-state index in [1.807, 2.05) is 24.3 Å². The highest BCUT2D eigenvalue weighted by molar-refractivity contribution is 5.94. The van der Waals surface area contributed by atoms with Gasteiger partial charge in [0.05, 0.1) is 11.1 Å². The zero-order chi connectivity index (χ0) is 30.4. The number of hydrogen-bond donors (Lipinski definition) is 3. The largest absolute Gasteiger partial charge is 0.457 e. The highest BCUT2D eigenvalue weighted by Crippen LogP contribution is 2.25. The Morgan fingerprint density at radius 2 is 1.93 bits per heavy atom. The van der Waals surface area contributed by atoms with Gasteiger partial charge in [0.2, 0.25) is 11.8 Å². The fourth-order valence-electron chi connectivity index (χ4n) is 4.78. The topological polar surface area (TPSA) is 178 Å². The first-order chi connectivity index (χ1) is 20.0. The number of pyridine rings is 1. The summed E-state index contributed by atoms with van der Waals surface area (Å²) < 4.78 is 5.78. The molecule has 1 aromatic heterocycles. The van der Waals surface area contributed by atoms with Gasteiger partial charge in [-0.25, -0.2) is 5.43 Å². The van der Waals surface area contributed by atoms with Crippen molar-refractivity contribution in [2.75, 3.05) is 13.1 Å². The number of esters is 1. The third-order valence-electron chi connectivity index (χ3n) is 7.45. The number of nitrogens with one attached hydrogen (secondary N) is 3. The predicted octanol–water partition coefficient (Wildman–Crippen LogP) is 3.08. The number of aromatic nitrogens is 1. The number of rotatable bonds is 3. The molecule has 13 nitrogen and oxygen atoms in total. The number of ether oxygens (including phenoxy) is 1. The van der Waals surface area contributed by atoms with E-state index in [4.69, 9.17) is 10.3 Å². The fraction of sp³-hybridized carbons (Fsp3) is 0.483. The van der Waals surface area contributed by atoms with Crippen LogP contribution in [-0.4, -0.2) is 64.9 Å². The fourth-order valence-corrected chi connectivity index (χ4v) is 4.78. The van der Waals surface area contributed by atoms with Crippen molar-refractivity contribution < 1.29 is 23.9 Å². The van der Waals surface area contributed by atoms with Crippen molar-refractivity contribution in [2.24, 2.45) is 10.5 Å². The Kier molecular flexibility index (Phi) is 9.44. The smallest absolute Gasteiger partial charge is 0.325 e. The molecular formula is C29H36N8O5. The minimum absolute atomic E-state index is 0.0327. The van der Waals surface area contributed by atoms with Crippen molar-refractivity contribution in [2.45, 2.75) is 71.2 Å². The second-order valence-corrected chi connectivity index (χ2v) is 11.2. The Morgan fingerprint density at radius 3 is 2.69 bits per heavy atom. The molecule has 4 atom stereocenters. The number of azide groups is 1. The minimum atomic E-state index is -1.06. The Balaban J connectivity index is 1.69. The van der Waals surface area contributed by atoms with Crippen LogP contribution in [0.3, 0.4) is 0 Å². The molecule has 0 unspecified atom stereocenters. The van der Waals surface area contributed by atoms with Gasteiger partial charge in [0.1, 0.15) is 24.2 Å². The minimum Gasteiger partial charge on any atom is -0.457 e. The molecule has 13 heteroatoms. The molecule has 222 valence electrons. The number of hydrazine groups is 1. The SMILES string of the molecule is C[C@@H]1NC(=O)[C@H](CCN=[N+]=[N-])NC(=O)C(C)(C)/C=C/c2cc3cc(ccc3cn2)[C@@H](C)OC(=O)[C@@H]2CCCN(N2)C1=O. The van der Waals surface area contributed by atoms with E-state index < -0.39 is 53.3 Å². The number of nitrogens with zero attached hydrogens (tertiary/aromatic N) is 5. The normalized spacial score (nSPS) is 26.0. The lowest BCUT2D eigenvalue weighted by atomic mass is 9.90. The summed E-state index contributed by atoms with van der Waals surface area (Å²) in [5.41, 5.74) is 12.0. The maximum atomic E-state index is 13.3. The number of hydrogen-bond acceptors (Lipinski definition) is 8. The third kappa shape index (κ3) is 7.23. The van der Waals surface area contributed by atoms with Crippen LogP contribution in [0.15, 0.2) is 41.7 Å². The van der Waals surface area contributed by atoms with Crippen LogP contribution < -0.4 is 16.1 Å². The number of fused-ring (bicyclic) bond motifs is 4. The highest BCUT2D eigenvalue weighted by atomic mass is 16.5. The van der Waals surface area contributed by atoms with Crippen LogP contribution in [0, 0.1) is 5.41 Å². The van der Waals surface area contributed by atoms with Crippen LogP contribution in [0.5, 0.6) is 0 Å². The third-order valence-corrected chi connectivity index (χ3v) is 7.45. The Morgan fingerprint density at radius 1 is 1.14 bits per heavy atom. The van der Waals surface area contributed by atoms with Gasteiger partial charge in [-0.3, -0.25) is 29.2 Å². The van der Waals surface area contributed by atoms with E-state index in [2.05, 4.69) is 31.1 Å². The Hall–Kier alpha value is -4.48. The summed E-state index contributed by atoms with van der Waals surface area (Å²) in [5, 5.41) is 12.0. The lowest BCUT2D eigenvalue weighted by molar-refractivity contribution is -0.157. The first kappa shape index (κ1) is 30.5. The molecule has 0 radical (unpaired) electrons. The molecular weight excluding hydrogens is 540 g/mol. The summed E-state index contributed by atoms with van der Waals surface area (Å²) in [6, 6.07) is 4.84. The van der Waals surface area contributed by atoms with Crippen LogP contribution in [0.2, 0.25) is 0 Å². The average molecular weight is 577 g/mol. The van der Waals surface area contributed by atoms with Gasteiger partial charge in [-0.1, -0.05) is 23.3 Å². The summed E-state index contributed by atoms with van der Waals surface area (Å²) in [5.74, 6) is -1.96. The second-order valence-electron chi connectivity index (χ2n) is 11.2. The van der Waals surface area contributed by atoms with Gasteiger partial charge in [-0.05, 0) is 81.6 Å². The molecule has 2 aliphatic rings. The van der Waals surface area contributed by atoms with Gasteiger partial charge in [-0.15, -0.1) is 0 Å². The zero-order valence-electron chi connectivity index (χ0n) is 24.2. The van der Waals surface area contributed by atoms with Crippen molar-refractivity contribution in [3.8, 4) is 0 Å². The molecule has 3 amide bonds. The van der Waals surface area contributed by atoms with E-state index in [1.54, 1.807) is 39.1 Å². The Labute approximate surface area is 243 Å². The molecule has 0 aliphatic carbocycles. The van der Waals surface area contributed by atoms with E-state index in [0.717, 1.165) is 16.3 Å². The number of cyclic esters (lactones) is 1. The molecule has 42 heavy (non-hydrogen) atoms. The van der Waals surface area contributed by atoms with Gasteiger partial charge in [-0.2, -0.15) is 0 Å². The van der Waals surface area contributed by atoms with Crippen LogP contribution in [-0.2, 0) is 23.9 Å². The molecule has 2 aromatic rings.